The van der Waals surface area contributed by atoms with Gasteiger partial charge in [-0.05, 0) is 32.1 Å². The van der Waals surface area contributed by atoms with E-state index in [-0.39, 0.29) is 18.8 Å². The third-order valence-electron chi connectivity index (χ3n) is 6.61. The van der Waals surface area contributed by atoms with Crippen molar-refractivity contribution in [2.45, 2.75) is 31.2 Å². The number of methoxy groups -OCH3 is 1. The highest BCUT2D eigenvalue weighted by molar-refractivity contribution is 6.24. The van der Waals surface area contributed by atoms with Crippen LogP contribution in [0.5, 0.6) is 0 Å². The van der Waals surface area contributed by atoms with Crippen LogP contribution in [0.4, 0.5) is 23.2 Å². The molecule has 1 aromatic carbocycles. The molecular formula is C23H20F4N2O7. The van der Waals surface area contributed by atoms with E-state index in [1.54, 1.807) is 0 Å². The van der Waals surface area contributed by atoms with E-state index in [0.29, 0.717) is 11.0 Å². The van der Waals surface area contributed by atoms with Crippen LogP contribution in [0.3, 0.4) is 0 Å². The van der Waals surface area contributed by atoms with Crippen molar-refractivity contribution in [1.82, 2.24) is 0 Å². The molecule has 4 atom stereocenters. The van der Waals surface area contributed by atoms with E-state index in [9.17, 15) is 27.6 Å². The van der Waals surface area contributed by atoms with Crippen molar-refractivity contribution in [1.29, 1.82) is 5.26 Å². The molecule has 4 rings (SSSR count). The molecule has 0 unspecified atom stereocenters. The second-order valence-corrected chi connectivity index (χ2v) is 8.80. The van der Waals surface area contributed by atoms with Gasteiger partial charge in [-0.1, -0.05) is 0 Å². The summed E-state index contributed by atoms with van der Waals surface area (Å²) in [6, 6.07) is 2.72. The number of rotatable bonds is 7. The fourth-order valence-corrected chi connectivity index (χ4v) is 5.14. The molecule has 2 bridgehead atoms. The first-order valence-electron chi connectivity index (χ1n) is 10.7. The van der Waals surface area contributed by atoms with Crippen LogP contribution in [-0.4, -0.2) is 56.1 Å². The summed E-state index contributed by atoms with van der Waals surface area (Å²) < 4.78 is 76.4. The number of imide groups is 1. The molecule has 1 aromatic rings. The zero-order valence-corrected chi connectivity index (χ0v) is 19.3. The first-order valence-corrected chi connectivity index (χ1v) is 10.7. The lowest BCUT2D eigenvalue weighted by Gasteiger charge is -2.28. The smallest absolute Gasteiger partial charge is 0.420 e. The van der Waals surface area contributed by atoms with Crippen molar-refractivity contribution in [3.05, 3.63) is 40.7 Å². The van der Waals surface area contributed by atoms with Gasteiger partial charge in [-0.15, -0.1) is 0 Å². The van der Waals surface area contributed by atoms with Gasteiger partial charge in [0.25, 0.3) is 0 Å². The van der Waals surface area contributed by atoms with Crippen molar-refractivity contribution in [2.75, 3.05) is 32.0 Å². The highest BCUT2D eigenvalue weighted by Gasteiger charge is 2.74. The molecule has 2 amide bonds. The number of nitrogens with zero attached hydrogens (tertiary/aromatic N) is 2. The average molecular weight is 512 g/mol. The molecule has 0 aromatic heterocycles. The van der Waals surface area contributed by atoms with Gasteiger partial charge in [-0.2, -0.15) is 18.4 Å². The van der Waals surface area contributed by atoms with Crippen molar-refractivity contribution >= 4 is 23.5 Å². The third kappa shape index (κ3) is 3.68. The second kappa shape index (κ2) is 8.65. The van der Waals surface area contributed by atoms with E-state index in [1.807, 2.05) is 0 Å². The zero-order chi connectivity index (χ0) is 26.6. The Hall–Kier alpha value is -3.34. The molecule has 0 aliphatic carbocycles. The van der Waals surface area contributed by atoms with Gasteiger partial charge in [0.1, 0.15) is 11.2 Å². The Kier molecular flexibility index (Phi) is 6.19. The monoisotopic (exact) mass is 512 g/mol. The van der Waals surface area contributed by atoms with Gasteiger partial charge in [0.05, 0.1) is 53.5 Å². The number of hydrogen-bond acceptors (Lipinski definition) is 8. The van der Waals surface area contributed by atoms with Gasteiger partial charge in [-0.25, -0.2) is 14.1 Å². The molecule has 192 valence electrons. The number of benzene rings is 1. The van der Waals surface area contributed by atoms with Crippen molar-refractivity contribution in [2.24, 2.45) is 11.8 Å². The summed E-state index contributed by atoms with van der Waals surface area (Å²) in [5, 5.41) is 8.98. The number of hydrogen-bond donors (Lipinski definition) is 0. The van der Waals surface area contributed by atoms with Gasteiger partial charge >= 0.3 is 12.1 Å². The number of amides is 2. The van der Waals surface area contributed by atoms with Crippen LogP contribution in [0.25, 0.3) is 0 Å². The molecule has 3 heterocycles. The van der Waals surface area contributed by atoms with Crippen molar-refractivity contribution in [3.8, 4) is 6.07 Å². The van der Waals surface area contributed by atoms with E-state index in [4.69, 9.17) is 24.2 Å². The Morgan fingerprint density at radius 2 is 1.86 bits per heavy atom. The van der Waals surface area contributed by atoms with Crippen LogP contribution in [0.2, 0.25) is 0 Å². The van der Waals surface area contributed by atoms with Crippen molar-refractivity contribution < 1.29 is 50.9 Å². The lowest BCUT2D eigenvalue weighted by atomic mass is 9.69. The van der Waals surface area contributed by atoms with Crippen molar-refractivity contribution in [3.63, 3.8) is 0 Å². The van der Waals surface area contributed by atoms with Crippen LogP contribution in [0, 0.1) is 29.0 Å². The summed E-state index contributed by atoms with van der Waals surface area (Å²) in [7, 11) is 1.46. The van der Waals surface area contributed by atoms with E-state index in [0.717, 1.165) is 6.07 Å². The quantitative estimate of drug-likeness (QED) is 0.180. The number of halogens is 4. The lowest BCUT2D eigenvalue weighted by molar-refractivity contribution is -0.155. The number of carbonyl (C=O) groups excluding carboxylic acids is 3. The minimum atomic E-state index is -5.25. The highest BCUT2D eigenvalue weighted by atomic mass is 19.4. The van der Waals surface area contributed by atoms with E-state index in [1.165, 1.54) is 33.1 Å². The van der Waals surface area contributed by atoms with Gasteiger partial charge < -0.3 is 18.9 Å². The molecule has 0 N–H and O–H groups in total. The molecule has 13 heteroatoms. The van der Waals surface area contributed by atoms with Crippen LogP contribution in [0.1, 0.15) is 25.0 Å². The number of anilines is 1. The van der Waals surface area contributed by atoms with Crippen LogP contribution >= 0.6 is 0 Å². The van der Waals surface area contributed by atoms with Gasteiger partial charge in [0.2, 0.25) is 11.8 Å². The summed E-state index contributed by atoms with van der Waals surface area (Å²) in [6.07, 6.45) is -3.92. The van der Waals surface area contributed by atoms with Gasteiger partial charge in [-0.3, -0.25) is 9.59 Å². The predicted octanol–water partition coefficient (Wildman–Crippen LogP) is 2.47. The van der Waals surface area contributed by atoms with Crippen LogP contribution < -0.4 is 4.90 Å². The maximum atomic E-state index is 15.1. The van der Waals surface area contributed by atoms with E-state index in [2.05, 4.69) is 0 Å². The SMILES string of the molecule is COCCOCOC(=O)C1=C[C@@]2(C)O[C@]1(C)[C@@H]1C(=O)N(c3ccc(C#N)c(C(F)(F)F)c3F)C(=O)[C@@H]12. The lowest BCUT2D eigenvalue weighted by Crippen LogP contribution is -2.43. The molecule has 2 saturated heterocycles. The first kappa shape index (κ1) is 25.7. The topological polar surface area (TPSA) is 115 Å². The standard InChI is InChI=1S/C23H20F4N2O7/c1-21-8-12(20(32)35-10-34-7-6-33-3)22(2,36-21)16-15(21)18(30)29(19(16)31)13-5-4-11(9-28)14(17(13)24)23(25,26)27/h4-5,8,15-16H,6-7,10H2,1-3H3/t15-,16+,21-,22+/m1/s1. The number of fused-ring (bicyclic) bond motifs is 5. The Morgan fingerprint density at radius 1 is 1.19 bits per heavy atom. The highest BCUT2D eigenvalue weighted by Crippen LogP contribution is 2.60. The second-order valence-electron chi connectivity index (χ2n) is 8.80. The zero-order valence-electron chi connectivity index (χ0n) is 19.3. The Balaban J connectivity index is 1.67. The summed E-state index contributed by atoms with van der Waals surface area (Å²) in [4.78, 5) is 39.7. The van der Waals surface area contributed by atoms with Gasteiger partial charge in [0, 0.05) is 7.11 Å². The Bertz CT molecular complexity index is 1220. The normalized spacial score (nSPS) is 28.8. The number of nitriles is 1. The predicted molar refractivity (Wildman–Crippen MR) is 110 cm³/mol. The summed E-state index contributed by atoms with van der Waals surface area (Å²) in [5.74, 6) is -7.38. The van der Waals surface area contributed by atoms with Gasteiger partial charge in [0.15, 0.2) is 12.6 Å². The van der Waals surface area contributed by atoms with Crippen LogP contribution in [-0.2, 0) is 39.5 Å². The maximum absolute atomic E-state index is 15.1. The number of esters is 1. The Morgan fingerprint density at radius 3 is 2.47 bits per heavy atom. The molecule has 3 aliphatic heterocycles. The summed E-state index contributed by atoms with van der Waals surface area (Å²) in [6.45, 7) is 2.81. The van der Waals surface area contributed by atoms with Crippen LogP contribution in [0.15, 0.2) is 23.8 Å². The largest absolute Gasteiger partial charge is 0.435 e. The fourth-order valence-electron chi connectivity index (χ4n) is 5.14. The third-order valence-corrected chi connectivity index (χ3v) is 6.61. The molecule has 3 aliphatic rings. The Labute approximate surface area is 202 Å². The minimum Gasteiger partial charge on any atom is -0.435 e. The molecule has 36 heavy (non-hydrogen) atoms. The molecule has 0 spiro atoms. The number of carbonyl (C=O) groups is 3. The molecule has 9 nitrogen and oxygen atoms in total. The summed E-state index contributed by atoms with van der Waals surface area (Å²) >= 11 is 0. The average Bonchev–Trinajstić information content (AvgIpc) is 3.33. The molecule has 2 fully saturated rings. The maximum Gasteiger partial charge on any atom is 0.420 e. The molecule has 0 saturated carbocycles. The van der Waals surface area contributed by atoms with E-state index >= 15 is 4.39 Å². The molecular weight excluding hydrogens is 492 g/mol. The summed E-state index contributed by atoms with van der Waals surface area (Å²) in [5.41, 5.74) is -7.03. The number of ether oxygens (including phenoxy) is 4. The molecule has 0 radical (unpaired) electrons. The number of alkyl halides is 3. The minimum absolute atomic E-state index is 0.0686. The first-order chi connectivity index (χ1) is 16.8. The fraction of sp³-hybridized carbons (Fsp3) is 0.478. The van der Waals surface area contributed by atoms with E-state index < -0.39 is 76.4 Å².